The van der Waals surface area contributed by atoms with Crippen LogP contribution < -0.4 is 0 Å². The van der Waals surface area contributed by atoms with E-state index < -0.39 is 0 Å². The molecular formula is C26H27FN6. The van der Waals surface area contributed by atoms with E-state index in [1.165, 1.54) is 17.7 Å². The van der Waals surface area contributed by atoms with E-state index in [4.69, 9.17) is 0 Å². The molecule has 0 saturated carbocycles. The fraction of sp³-hybridized carbons (Fsp3) is 0.269. The Labute approximate surface area is 193 Å². The molecule has 0 aliphatic carbocycles. The molecule has 0 radical (unpaired) electrons. The Balaban J connectivity index is 1.38. The molecule has 7 heteroatoms. The maximum Gasteiger partial charge on any atom is 0.173 e. The van der Waals surface area contributed by atoms with Gasteiger partial charge in [0.1, 0.15) is 5.82 Å². The molecule has 168 valence electrons. The fourth-order valence-electron chi connectivity index (χ4n) is 4.47. The Morgan fingerprint density at radius 3 is 1.97 bits per heavy atom. The zero-order valence-electron chi connectivity index (χ0n) is 18.5. The summed E-state index contributed by atoms with van der Waals surface area (Å²) >= 11 is 0. The summed E-state index contributed by atoms with van der Waals surface area (Å²) in [5, 5.41) is 12.7. The molecule has 0 amide bonds. The van der Waals surface area contributed by atoms with Gasteiger partial charge in [-0.05, 0) is 39.2 Å². The average Bonchev–Trinajstić information content (AvgIpc) is 3.30. The summed E-state index contributed by atoms with van der Waals surface area (Å²) in [7, 11) is 0. The molecule has 3 aromatic carbocycles. The van der Waals surface area contributed by atoms with E-state index in [9.17, 15) is 4.39 Å². The minimum absolute atomic E-state index is 0.136. The van der Waals surface area contributed by atoms with E-state index in [1.807, 2.05) is 41.1 Å². The van der Waals surface area contributed by atoms with Crippen molar-refractivity contribution in [2.24, 2.45) is 0 Å². The van der Waals surface area contributed by atoms with Gasteiger partial charge in [0.25, 0.3) is 0 Å². The van der Waals surface area contributed by atoms with E-state index in [1.54, 1.807) is 0 Å². The minimum atomic E-state index is -0.242. The number of nitrogens with zero attached hydrogens (tertiary/aromatic N) is 6. The second-order valence-corrected chi connectivity index (χ2v) is 8.43. The first-order chi connectivity index (χ1) is 16.3. The summed E-state index contributed by atoms with van der Waals surface area (Å²) in [6.07, 6.45) is 0. The lowest BCUT2D eigenvalue weighted by atomic mass is 10.0. The smallest absolute Gasteiger partial charge is 0.173 e. The quantitative estimate of drug-likeness (QED) is 0.436. The SMILES string of the molecule is Fc1ccc([C@@H](c2nnnn2Cc2ccccc2)N2CCN(Cc3ccccc3)CC2)cc1. The van der Waals surface area contributed by atoms with E-state index >= 15 is 0 Å². The molecule has 1 saturated heterocycles. The van der Waals surface area contributed by atoms with Crippen molar-refractivity contribution >= 4 is 0 Å². The monoisotopic (exact) mass is 442 g/mol. The molecular weight excluding hydrogens is 415 g/mol. The van der Waals surface area contributed by atoms with Crippen LogP contribution in [0.4, 0.5) is 4.39 Å². The summed E-state index contributed by atoms with van der Waals surface area (Å²) in [4.78, 5) is 4.88. The molecule has 0 bridgehead atoms. The zero-order valence-corrected chi connectivity index (χ0v) is 18.5. The van der Waals surface area contributed by atoms with Crippen molar-refractivity contribution < 1.29 is 4.39 Å². The van der Waals surface area contributed by atoms with Gasteiger partial charge in [0.15, 0.2) is 5.82 Å². The van der Waals surface area contributed by atoms with Gasteiger partial charge in [0.2, 0.25) is 0 Å². The molecule has 1 aliphatic heterocycles. The third-order valence-corrected chi connectivity index (χ3v) is 6.19. The van der Waals surface area contributed by atoms with Gasteiger partial charge in [0.05, 0.1) is 12.6 Å². The molecule has 6 nitrogen and oxygen atoms in total. The Hall–Kier alpha value is -3.42. The van der Waals surface area contributed by atoms with Gasteiger partial charge in [-0.25, -0.2) is 9.07 Å². The maximum absolute atomic E-state index is 13.7. The second kappa shape index (κ2) is 10.0. The highest BCUT2D eigenvalue weighted by Gasteiger charge is 2.30. The van der Waals surface area contributed by atoms with Gasteiger partial charge < -0.3 is 0 Å². The van der Waals surface area contributed by atoms with Crippen LogP contribution >= 0.6 is 0 Å². The second-order valence-electron chi connectivity index (χ2n) is 8.43. The van der Waals surface area contributed by atoms with Crippen molar-refractivity contribution in [3.8, 4) is 0 Å². The number of tetrazole rings is 1. The van der Waals surface area contributed by atoms with Crippen LogP contribution in [0.3, 0.4) is 0 Å². The van der Waals surface area contributed by atoms with E-state index in [2.05, 4.69) is 61.7 Å². The molecule has 1 aromatic heterocycles. The van der Waals surface area contributed by atoms with Gasteiger partial charge >= 0.3 is 0 Å². The maximum atomic E-state index is 13.7. The fourth-order valence-corrected chi connectivity index (χ4v) is 4.47. The van der Waals surface area contributed by atoms with Crippen LogP contribution in [0.25, 0.3) is 0 Å². The summed E-state index contributed by atoms with van der Waals surface area (Å²) in [5.74, 6) is 0.538. The summed E-state index contributed by atoms with van der Waals surface area (Å²) in [5.41, 5.74) is 3.46. The third kappa shape index (κ3) is 5.16. The first-order valence-corrected chi connectivity index (χ1v) is 11.3. The first-order valence-electron chi connectivity index (χ1n) is 11.3. The van der Waals surface area contributed by atoms with E-state index in [-0.39, 0.29) is 11.9 Å². The number of halogens is 1. The Morgan fingerprint density at radius 1 is 0.727 bits per heavy atom. The van der Waals surface area contributed by atoms with Crippen molar-refractivity contribution in [3.63, 3.8) is 0 Å². The van der Waals surface area contributed by atoms with Gasteiger partial charge in [-0.3, -0.25) is 9.80 Å². The molecule has 0 N–H and O–H groups in total. The van der Waals surface area contributed by atoms with Gasteiger partial charge in [0, 0.05) is 32.7 Å². The van der Waals surface area contributed by atoms with Crippen molar-refractivity contribution in [1.29, 1.82) is 0 Å². The van der Waals surface area contributed by atoms with Crippen LogP contribution in [-0.2, 0) is 13.1 Å². The van der Waals surface area contributed by atoms with Gasteiger partial charge in [-0.2, -0.15) is 0 Å². The number of piperazine rings is 1. The molecule has 1 atom stereocenters. The predicted molar refractivity (Wildman–Crippen MR) is 125 cm³/mol. The molecule has 5 rings (SSSR count). The van der Waals surface area contributed by atoms with Crippen molar-refractivity contribution in [2.45, 2.75) is 19.1 Å². The van der Waals surface area contributed by atoms with Crippen LogP contribution in [0.1, 0.15) is 28.6 Å². The summed E-state index contributed by atoms with van der Waals surface area (Å²) in [6, 6.07) is 27.3. The Kier molecular flexibility index (Phi) is 6.51. The average molecular weight is 443 g/mol. The zero-order chi connectivity index (χ0) is 22.5. The van der Waals surface area contributed by atoms with Crippen LogP contribution in [0, 0.1) is 5.82 Å². The van der Waals surface area contributed by atoms with Gasteiger partial charge in [-0.15, -0.1) is 5.10 Å². The number of rotatable bonds is 7. The topological polar surface area (TPSA) is 50.1 Å². The van der Waals surface area contributed by atoms with Crippen molar-refractivity contribution in [1.82, 2.24) is 30.0 Å². The highest BCUT2D eigenvalue weighted by atomic mass is 19.1. The Morgan fingerprint density at radius 2 is 1.33 bits per heavy atom. The lowest BCUT2D eigenvalue weighted by Gasteiger charge is -2.39. The van der Waals surface area contributed by atoms with Crippen LogP contribution in [0.5, 0.6) is 0 Å². The highest BCUT2D eigenvalue weighted by molar-refractivity contribution is 5.26. The van der Waals surface area contributed by atoms with Gasteiger partial charge in [-0.1, -0.05) is 72.8 Å². The predicted octanol–water partition coefficient (Wildman–Crippen LogP) is 3.77. The van der Waals surface area contributed by atoms with Crippen molar-refractivity contribution in [2.75, 3.05) is 26.2 Å². The van der Waals surface area contributed by atoms with Crippen LogP contribution in [0.2, 0.25) is 0 Å². The Bertz CT molecular complexity index is 1140. The standard InChI is InChI=1S/C26H27FN6/c27-24-13-11-23(12-14-24)25(26-28-29-30-33(26)20-22-9-5-2-6-10-22)32-17-15-31(16-18-32)19-21-7-3-1-4-8-21/h1-14,25H,15-20H2/t25-/m0/s1. The van der Waals surface area contributed by atoms with Crippen LogP contribution in [-0.4, -0.2) is 56.2 Å². The number of hydrogen-bond donors (Lipinski definition) is 0. The summed E-state index contributed by atoms with van der Waals surface area (Å²) in [6.45, 7) is 5.20. The lowest BCUT2D eigenvalue weighted by Crippen LogP contribution is -2.48. The molecule has 1 aliphatic rings. The van der Waals surface area contributed by atoms with Crippen molar-refractivity contribution in [3.05, 3.63) is 113 Å². The van der Waals surface area contributed by atoms with Crippen LogP contribution in [0.15, 0.2) is 84.9 Å². The number of benzene rings is 3. The number of aromatic nitrogens is 4. The minimum Gasteiger partial charge on any atom is -0.297 e. The molecule has 0 unspecified atom stereocenters. The summed E-state index contributed by atoms with van der Waals surface area (Å²) < 4.78 is 15.6. The molecule has 4 aromatic rings. The molecule has 33 heavy (non-hydrogen) atoms. The van der Waals surface area contributed by atoms with E-state index in [0.717, 1.165) is 49.7 Å². The molecule has 0 spiro atoms. The molecule has 2 heterocycles. The highest BCUT2D eigenvalue weighted by Crippen LogP contribution is 2.29. The largest absolute Gasteiger partial charge is 0.297 e. The number of hydrogen-bond acceptors (Lipinski definition) is 5. The molecule has 1 fully saturated rings. The normalized spacial score (nSPS) is 16.0. The first kappa shape index (κ1) is 21.4. The third-order valence-electron chi connectivity index (χ3n) is 6.19. The van der Waals surface area contributed by atoms with E-state index in [0.29, 0.717) is 6.54 Å². The lowest BCUT2D eigenvalue weighted by molar-refractivity contribution is 0.100.